The SMILES string of the molecule is CNCC(O)C(O)c1cc(F)ccc1C(F)(F)F. The molecule has 0 spiro atoms. The highest BCUT2D eigenvalue weighted by molar-refractivity contribution is 5.32. The van der Waals surface area contributed by atoms with E-state index in [1.165, 1.54) is 7.05 Å². The summed E-state index contributed by atoms with van der Waals surface area (Å²) in [6, 6.07) is 1.77. The van der Waals surface area contributed by atoms with Crippen LogP contribution in [-0.2, 0) is 6.18 Å². The first-order chi connectivity index (χ1) is 8.27. The van der Waals surface area contributed by atoms with Gasteiger partial charge in [0, 0.05) is 6.54 Å². The van der Waals surface area contributed by atoms with E-state index in [1.807, 2.05) is 0 Å². The van der Waals surface area contributed by atoms with Crippen molar-refractivity contribution in [1.82, 2.24) is 5.32 Å². The normalized spacial score (nSPS) is 15.5. The van der Waals surface area contributed by atoms with Gasteiger partial charge >= 0.3 is 6.18 Å². The summed E-state index contributed by atoms with van der Waals surface area (Å²) in [5.74, 6) is -0.909. The second-order valence-corrected chi connectivity index (χ2v) is 3.80. The van der Waals surface area contributed by atoms with Gasteiger partial charge in [-0.2, -0.15) is 13.2 Å². The fourth-order valence-corrected chi connectivity index (χ4v) is 1.56. The van der Waals surface area contributed by atoms with Gasteiger partial charge in [0.1, 0.15) is 11.9 Å². The fourth-order valence-electron chi connectivity index (χ4n) is 1.56. The fraction of sp³-hybridized carbons (Fsp3) is 0.455. The molecule has 3 N–H and O–H groups in total. The first-order valence-electron chi connectivity index (χ1n) is 5.14. The molecule has 2 unspecified atom stereocenters. The van der Waals surface area contributed by atoms with Crippen LogP contribution < -0.4 is 5.32 Å². The van der Waals surface area contributed by atoms with Crippen LogP contribution in [0.3, 0.4) is 0 Å². The van der Waals surface area contributed by atoms with E-state index < -0.39 is 35.3 Å². The summed E-state index contributed by atoms with van der Waals surface area (Å²) in [5.41, 5.74) is -1.84. The molecule has 0 heterocycles. The average Bonchev–Trinajstić information content (AvgIpc) is 2.26. The number of nitrogens with one attached hydrogen (secondary N) is 1. The Kier molecular flexibility index (Phi) is 4.66. The molecular formula is C11H13F4NO2. The second-order valence-electron chi connectivity index (χ2n) is 3.80. The van der Waals surface area contributed by atoms with Crippen LogP contribution in [0, 0.1) is 5.82 Å². The lowest BCUT2D eigenvalue weighted by Crippen LogP contribution is -2.30. The summed E-state index contributed by atoms with van der Waals surface area (Å²) in [4.78, 5) is 0. The minimum Gasteiger partial charge on any atom is -0.389 e. The highest BCUT2D eigenvalue weighted by atomic mass is 19.4. The summed E-state index contributed by atoms with van der Waals surface area (Å²) in [6.07, 6.45) is -7.99. The lowest BCUT2D eigenvalue weighted by atomic mass is 9.98. The Labute approximate surface area is 101 Å². The highest BCUT2D eigenvalue weighted by Crippen LogP contribution is 2.35. The molecule has 1 aromatic rings. The van der Waals surface area contributed by atoms with E-state index in [0.717, 1.165) is 0 Å². The monoisotopic (exact) mass is 267 g/mol. The van der Waals surface area contributed by atoms with E-state index in [4.69, 9.17) is 0 Å². The first kappa shape index (κ1) is 14.9. The molecule has 1 rings (SSSR count). The predicted octanol–water partition coefficient (Wildman–Crippen LogP) is 1.46. The minimum absolute atomic E-state index is 0.116. The largest absolute Gasteiger partial charge is 0.416 e. The smallest absolute Gasteiger partial charge is 0.389 e. The quantitative estimate of drug-likeness (QED) is 0.724. The summed E-state index contributed by atoms with van der Waals surface area (Å²) in [5, 5.41) is 21.6. The van der Waals surface area contributed by atoms with E-state index in [2.05, 4.69) is 5.32 Å². The third-order valence-electron chi connectivity index (χ3n) is 2.42. The summed E-state index contributed by atoms with van der Waals surface area (Å²) in [6.45, 7) is -0.116. The van der Waals surface area contributed by atoms with E-state index in [9.17, 15) is 27.8 Å². The maximum absolute atomic E-state index is 13.0. The Morgan fingerprint density at radius 2 is 1.89 bits per heavy atom. The van der Waals surface area contributed by atoms with Crippen LogP contribution in [0.2, 0.25) is 0 Å². The molecule has 0 aliphatic heterocycles. The van der Waals surface area contributed by atoms with Crippen LogP contribution in [0.25, 0.3) is 0 Å². The third-order valence-corrected chi connectivity index (χ3v) is 2.42. The van der Waals surface area contributed by atoms with Crippen molar-refractivity contribution in [1.29, 1.82) is 0 Å². The highest BCUT2D eigenvalue weighted by Gasteiger charge is 2.36. The molecule has 3 nitrogen and oxygen atoms in total. The van der Waals surface area contributed by atoms with Gasteiger partial charge in [-0.15, -0.1) is 0 Å². The Bertz CT molecular complexity index is 409. The van der Waals surface area contributed by atoms with Gasteiger partial charge < -0.3 is 15.5 Å². The zero-order valence-corrected chi connectivity index (χ0v) is 9.50. The second kappa shape index (κ2) is 5.64. The van der Waals surface area contributed by atoms with Gasteiger partial charge in [-0.3, -0.25) is 0 Å². The molecule has 1 aromatic carbocycles. The van der Waals surface area contributed by atoms with Gasteiger partial charge in [-0.05, 0) is 30.8 Å². The molecule has 2 atom stereocenters. The van der Waals surface area contributed by atoms with E-state index >= 15 is 0 Å². The van der Waals surface area contributed by atoms with E-state index in [-0.39, 0.29) is 6.54 Å². The summed E-state index contributed by atoms with van der Waals surface area (Å²) >= 11 is 0. The number of likely N-dealkylation sites (N-methyl/N-ethyl adjacent to an activating group) is 1. The lowest BCUT2D eigenvalue weighted by Gasteiger charge is -2.21. The van der Waals surface area contributed by atoms with Crippen LogP contribution in [0.4, 0.5) is 17.6 Å². The van der Waals surface area contributed by atoms with Crippen molar-refractivity contribution in [3.63, 3.8) is 0 Å². The topological polar surface area (TPSA) is 52.5 Å². The number of hydrogen-bond acceptors (Lipinski definition) is 3. The molecule has 0 saturated heterocycles. The van der Waals surface area contributed by atoms with Gasteiger partial charge in [0.2, 0.25) is 0 Å². The zero-order valence-electron chi connectivity index (χ0n) is 9.50. The Hall–Kier alpha value is -1.18. The Balaban J connectivity index is 3.17. The van der Waals surface area contributed by atoms with Gasteiger partial charge in [-0.1, -0.05) is 0 Å². The van der Waals surface area contributed by atoms with Gasteiger partial charge in [0.25, 0.3) is 0 Å². The number of aliphatic hydroxyl groups excluding tert-OH is 2. The van der Waals surface area contributed by atoms with Crippen LogP contribution in [-0.4, -0.2) is 29.9 Å². The van der Waals surface area contributed by atoms with E-state index in [1.54, 1.807) is 0 Å². The molecule has 0 bridgehead atoms. The molecule has 7 heteroatoms. The molecule has 0 amide bonds. The molecule has 0 aromatic heterocycles. The van der Waals surface area contributed by atoms with Crippen LogP contribution in [0.1, 0.15) is 17.2 Å². The van der Waals surface area contributed by atoms with Crippen LogP contribution in [0.5, 0.6) is 0 Å². The number of rotatable bonds is 4. The van der Waals surface area contributed by atoms with Crippen molar-refractivity contribution in [3.05, 3.63) is 35.1 Å². The van der Waals surface area contributed by atoms with Crippen LogP contribution >= 0.6 is 0 Å². The average molecular weight is 267 g/mol. The van der Waals surface area contributed by atoms with Crippen molar-refractivity contribution in [2.75, 3.05) is 13.6 Å². The summed E-state index contributed by atoms with van der Waals surface area (Å²) in [7, 11) is 1.46. The van der Waals surface area contributed by atoms with Crippen molar-refractivity contribution < 1.29 is 27.8 Å². The third kappa shape index (κ3) is 3.41. The number of alkyl halides is 3. The minimum atomic E-state index is -4.72. The molecule has 0 aliphatic rings. The van der Waals surface area contributed by atoms with E-state index in [0.29, 0.717) is 18.2 Å². The lowest BCUT2D eigenvalue weighted by molar-refractivity contribution is -0.139. The molecular weight excluding hydrogens is 254 g/mol. The van der Waals surface area contributed by atoms with Crippen molar-refractivity contribution >= 4 is 0 Å². The Morgan fingerprint density at radius 3 is 2.39 bits per heavy atom. The maximum Gasteiger partial charge on any atom is 0.416 e. The molecule has 0 radical (unpaired) electrons. The standard InChI is InChI=1S/C11H13F4NO2/c1-16-5-9(17)10(18)7-4-6(12)2-3-8(7)11(13,14)15/h2-4,9-10,16-18H,5H2,1H3. The molecule has 0 aliphatic carbocycles. The first-order valence-corrected chi connectivity index (χ1v) is 5.14. The number of benzene rings is 1. The Morgan fingerprint density at radius 1 is 1.28 bits per heavy atom. The molecule has 18 heavy (non-hydrogen) atoms. The van der Waals surface area contributed by atoms with Gasteiger partial charge in [0.15, 0.2) is 0 Å². The molecule has 102 valence electrons. The van der Waals surface area contributed by atoms with Gasteiger partial charge in [-0.25, -0.2) is 4.39 Å². The number of halogens is 4. The van der Waals surface area contributed by atoms with Crippen molar-refractivity contribution in [2.45, 2.75) is 18.4 Å². The predicted molar refractivity (Wildman–Crippen MR) is 56.3 cm³/mol. The van der Waals surface area contributed by atoms with Crippen molar-refractivity contribution in [3.8, 4) is 0 Å². The zero-order chi connectivity index (χ0) is 13.9. The number of hydrogen-bond donors (Lipinski definition) is 3. The van der Waals surface area contributed by atoms with Crippen LogP contribution in [0.15, 0.2) is 18.2 Å². The van der Waals surface area contributed by atoms with Crippen molar-refractivity contribution in [2.24, 2.45) is 0 Å². The maximum atomic E-state index is 13.0. The molecule has 0 saturated carbocycles. The number of aliphatic hydroxyl groups is 2. The van der Waals surface area contributed by atoms with Gasteiger partial charge in [0.05, 0.1) is 11.7 Å². The summed E-state index contributed by atoms with van der Waals surface area (Å²) < 4.78 is 50.9. The molecule has 0 fully saturated rings.